The fourth-order valence-corrected chi connectivity index (χ4v) is 2.09. The Bertz CT molecular complexity index is 477. The van der Waals surface area contributed by atoms with Gasteiger partial charge in [0, 0.05) is 11.9 Å². The zero-order valence-electron chi connectivity index (χ0n) is 10.0. The number of carbonyl (C=O) groups is 1. The van der Waals surface area contributed by atoms with Gasteiger partial charge < -0.3 is 16.4 Å². The van der Waals surface area contributed by atoms with Crippen molar-refractivity contribution in [2.24, 2.45) is 0 Å². The van der Waals surface area contributed by atoms with Crippen LogP contribution in [0.5, 0.6) is 0 Å². The number of halogens is 1. The minimum Gasteiger partial charge on any atom is -0.398 e. The maximum atomic E-state index is 11.6. The van der Waals surface area contributed by atoms with E-state index < -0.39 is 0 Å². The lowest BCUT2D eigenvalue weighted by atomic mass is 10.2. The van der Waals surface area contributed by atoms with Crippen molar-refractivity contribution in [3.8, 4) is 0 Å². The standard InChI is InChI=1S/C13H16ClN3O/c14-11-7-10(5-6-12(11)15)17-13(18)16-8-9-3-1-2-4-9/h5-8H,1-4,15H2,(H2,16,17,18). The largest absolute Gasteiger partial charge is 0.398 e. The van der Waals surface area contributed by atoms with Crippen LogP contribution >= 0.6 is 11.6 Å². The zero-order valence-corrected chi connectivity index (χ0v) is 10.8. The average Bonchev–Trinajstić information content (AvgIpc) is 2.84. The number of hydrogen-bond donors (Lipinski definition) is 3. The van der Waals surface area contributed by atoms with Crippen LogP contribution in [0.1, 0.15) is 25.7 Å². The van der Waals surface area contributed by atoms with Crippen LogP contribution in [0.15, 0.2) is 30.0 Å². The molecule has 0 unspecified atom stereocenters. The molecule has 0 radical (unpaired) electrons. The Morgan fingerprint density at radius 3 is 2.72 bits per heavy atom. The fourth-order valence-electron chi connectivity index (χ4n) is 1.91. The van der Waals surface area contributed by atoms with Gasteiger partial charge in [-0.05, 0) is 43.9 Å². The molecule has 96 valence electrons. The molecule has 0 aromatic heterocycles. The minimum atomic E-state index is -0.268. The van der Waals surface area contributed by atoms with Crippen LogP contribution in [0, 0.1) is 0 Å². The molecule has 5 heteroatoms. The molecule has 0 bridgehead atoms. The summed E-state index contributed by atoms with van der Waals surface area (Å²) in [5, 5.41) is 5.85. The highest BCUT2D eigenvalue weighted by Crippen LogP contribution is 2.23. The molecule has 2 amide bonds. The SMILES string of the molecule is Nc1ccc(NC(=O)NC=C2CCCC2)cc1Cl. The van der Waals surface area contributed by atoms with Gasteiger partial charge in [-0.1, -0.05) is 17.2 Å². The molecule has 4 nitrogen and oxygen atoms in total. The van der Waals surface area contributed by atoms with E-state index in [9.17, 15) is 4.79 Å². The first-order valence-electron chi connectivity index (χ1n) is 5.95. The summed E-state index contributed by atoms with van der Waals surface area (Å²) in [6.07, 6.45) is 6.37. The summed E-state index contributed by atoms with van der Waals surface area (Å²) in [6.45, 7) is 0. The van der Waals surface area contributed by atoms with Gasteiger partial charge in [0.25, 0.3) is 0 Å². The van der Waals surface area contributed by atoms with Gasteiger partial charge in [0.15, 0.2) is 0 Å². The number of amides is 2. The topological polar surface area (TPSA) is 67.1 Å². The lowest BCUT2D eigenvalue weighted by Crippen LogP contribution is -2.24. The van der Waals surface area contributed by atoms with E-state index in [-0.39, 0.29) is 6.03 Å². The van der Waals surface area contributed by atoms with Crippen molar-refractivity contribution in [3.05, 3.63) is 35.0 Å². The first-order valence-corrected chi connectivity index (χ1v) is 6.33. The van der Waals surface area contributed by atoms with E-state index in [4.69, 9.17) is 17.3 Å². The Labute approximate surface area is 111 Å². The molecule has 0 aliphatic heterocycles. The van der Waals surface area contributed by atoms with Crippen LogP contribution in [0.3, 0.4) is 0 Å². The maximum absolute atomic E-state index is 11.6. The van der Waals surface area contributed by atoms with E-state index in [0.29, 0.717) is 16.4 Å². The smallest absolute Gasteiger partial charge is 0.323 e. The molecule has 0 atom stereocenters. The number of benzene rings is 1. The number of anilines is 2. The molecule has 1 fully saturated rings. The molecule has 4 N–H and O–H groups in total. The van der Waals surface area contributed by atoms with Crippen molar-refractivity contribution in [2.45, 2.75) is 25.7 Å². The number of allylic oxidation sites excluding steroid dienone is 1. The van der Waals surface area contributed by atoms with E-state index in [2.05, 4.69) is 10.6 Å². The predicted octanol–water partition coefficient (Wildman–Crippen LogP) is 3.50. The molecular formula is C13H16ClN3O. The number of rotatable bonds is 2. The molecule has 1 aromatic rings. The molecular weight excluding hydrogens is 250 g/mol. The van der Waals surface area contributed by atoms with Crippen LogP contribution in [0.4, 0.5) is 16.2 Å². The number of urea groups is 1. The molecule has 18 heavy (non-hydrogen) atoms. The van der Waals surface area contributed by atoms with E-state index >= 15 is 0 Å². The molecule has 2 rings (SSSR count). The normalized spacial score (nSPS) is 14.4. The van der Waals surface area contributed by atoms with Gasteiger partial charge in [-0.3, -0.25) is 0 Å². The molecule has 0 heterocycles. The third-order valence-corrected chi connectivity index (χ3v) is 3.24. The second-order valence-electron chi connectivity index (χ2n) is 4.34. The Morgan fingerprint density at radius 2 is 2.06 bits per heavy atom. The summed E-state index contributed by atoms with van der Waals surface area (Å²) in [5.41, 5.74) is 8.00. The number of carbonyl (C=O) groups excluding carboxylic acids is 1. The summed E-state index contributed by atoms with van der Waals surface area (Å²) in [5.74, 6) is 0. The number of nitrogens with two attached hydrogens (primary N) is 1. The van der Waals surface area contributed by atoms with E-state index in [1.165, 1.54) is 18.4 Å². The second-order valence-corrected chi connectivity index (χ2v) is 4.75. The lowest BCUT2D eigenvalue weighted by Gasteiger charge is -2.06. The minimum absolute atomic E-state index is 0.268. The zero-order chi connectivity index (χ0) is 13.0. The number of hydrogen-bond acceptors (Lipinski definition) is 2. The molecule has 1 saturated carbocycles. The van der Waals surface area contributed by atoms with Crippen LogP contribution in [-0.2, 0) is 0 Å². The Kier molecular flexibility index (Phi) is 4.10. The van der Waals surface area contributed by atoms with Crippen LogP contribution < -0.4 is 16.4 Å². The number of nitrogens with one attached hydrogen (secondary N) is 2. The third-order valence-electron chi connectivity index (χ3n) is 2.91. The van der Waals surface area contributed by atoms with Crippen LogP contribution in [0.2, 0.25) is 5.02 Å². The Balaban J connectivity index is 1.90. The molecule has 1 aliphatic carbocycles. The first-order chi connectivity index (χ1) is 8.65. The molecule has 1 aliphatic rings. The van der Waals surface area contributed by atoms with Gasteiger partial charge in [0.2, 0.25) is 0 Å². The molecule has 0 spiro atoms. The van der Waals surface area contributed by atoms with Crippen LogP contribution in [0.25, 0.3) is 0 Å². The van der Waals surface area contributed by atoms with E-state index in [0.717, 1.165) is 12.8 Å². The highest BCUT2D eigenvalue weighted by Gasteiger charge is 2.07. The summed E-state index contributed by atoms with van der Waals surface area (Å²) in [4.78, 5) is 11.6. The average molecular weight is 266 g/mol. The van der Waals surface area contributed by atoms with Gasteiger partial charge in [-0.25, -0.2) is 4.79 Å². The van der Waals surface area contributed by atoms with Crippen LogP contribution in [-0.4, -0.2) is 6.03 Å². The van der Waals surface area contributed by atoms with Gasteiger partial charge in [0.05, 0.1) is 10.7 Å². The summed E-state index contributed by atoms with van der Waals surface area (Å²) >= 11 is 5.87. The Hall–Kier alpha value is -1.68. The number of nitrogen functional groups attached to an aromatic ring is 1. The summed E-state index contributed by atoms with van der Waals surface area (Å²) in [7, 11) is 0. The predicted molar refractivity (Wildman–Crippen MR) is 74.6 cm³/mol. The highest BCUT2D eigenvalue weighted by atomic mass is 35.5. The van der Waals surface area contributed by atoms with Crippen molar-refractivity contribution >= 4 is 29.0 Å². The quantitative estimate of drug-likeness (QED) is 0.717. The van der Waals surface area contributed by atoms with Crippen molar-refractivity contribution in [2.75, 3.05) is 11.1 Å². The molecule has 0 saturated heterocycles. The second kappa shape index (κ2) is 5.78. The highest BCUT2D eigenvalue weighted by molar-refractivity contribution is 6.33. The van der Waals surface area contributed by atoms with E-state index in [1.807, 2.05) is 0 Å². The third kappa shape index (κ3) is 3.40. The monoisotopic (exact) mass is 265 g/mol. The summed E-state index contributed by atoms with van der Waals surface area (Å²) < 4.78 is 0. The van der Waals surface area contributed by atoms with Gasteiger partial charge in [-0.15, -0.1) is 0 Å². The first kappa shape index (κ1) is 12.8. The van der Waals surface area contributed by atoms with Gasteiger partial charge >= 0.3 is 6.03 Å². The fraction of sp³-hybridized carbons (Fsp3) is 0.308. The lowest BCUT2D eigenvalue weighted by molar-refractivity contribution is 0.255. The maximum Gasteiger partial charge on any atom is 0.323 e. The van der Waals surface area contributed by atoms with E-state index in [1.54, 1.807) is 24.4 Å². The van der Waals surface area contributed by atoms with Gasteiger partial charge in [0.1, 0.15) is 0 Å². The summed E-state index contributed by atoms with van der Waals surface area (Å²) in [6, 6.07) is 4.73. The van der Waals surface area contributed by atoms with Gasteiger partial charge in [-0.2, -0.15) is 0 Å². The van der Waals surface area contributed by atoms with Crippen molar-refractivity contribution < 1.29 is 4.79 Å². The Morgan fingerprint density at radius 1 is 1.33 bits per heavy atom. The van der Waals surface area contributed by atoms with Crippen molar-refractivity contribution in [1.82, 2.24) is 5.32 Å². The van der Waals surface area contributed by atoms with Crippen molar-refractivity contribution in [3.63, 3.8) is 0 Å². The molecule has 1 aromatic carbocycles. The van der Waals surface area contributed by atoms with Crippen molar-refractivity contribution in [1.29, 1.82) is 0 Å².